The Labute approximate surface area is 200 Å². The summed E-state index contributed by atoms with van der Waals surface area (Å²) in [5.41, 5.74) is -2.36. The molecule has 1 aliphatic heterocycles. The minimum atomic E-state index is -1.01. The summed E-state index contributed by atoms with van der Waals surface area (Å²) in [4.78, 5) is 38.6. The van der Waals surface area contributed by atoms with E-state index in [4.69, 9.17) is 4.74 Å². The van der Waals surface area contributed by atoms with Gasteiger partial charge in [0.15, 0.2) is 5.82 Å². The van der Waals surface area contributed by atoms with Gasteiger partial charge < -0.3 is 29.4 Å². The number of hydrogen-bond donors (Lipinski definition) is 2. The number of aliphatic hydroxyl groups excluding tert-OH is 1. The molecule has 1 saturated carbocycles. The van der Waals surface area contributed by atoms with E-state index in [1.165, 1.54) is 15.7 Å². The van der Waals surface area contributed by atoms with Crippen LogP contribution in [0.25, 0.3) is 10.9 Å². The highest BCUT2D eigenvalue weighted by atomic mass is 19.1. The summed E-state index contributed by atoms with van der Waals surface area (Å²) in [6, 6.07) is -0.649. The molecule has 1 saturated heterocycles. The number of halogens is 2. The van der Waals surface area contributed by atoms with Crippen LogP contribution in [0, 0.1) is 11.6 Å². The van der Waals surface area contributed by atoms with Gasteiger partial charge in [0.1, 0.15) is 22.7 Å². The minimum absolute atomic E-state index is 0.109. The van der Waals surface area contributed by atoms with Crippen LogP contribution in [0.15, 0.2) is 17.1 Å². The lowest BCUT2D eigenvalue weighted by molar-refractivity contribution is 0.0495. The Morgan fingerprint density at radius 2 is 1.91 bits per heavy atom. The number of amides is 1. The maximum atomic E-state index is 16.0. The van der Waals surface area contributed by atoms with Crippen LogP contribution < -0.4 is 15.6 Å². The first-order valence-electron chi connectivity index (χ1n) is 11.5. The van der Waals surface area contributed by atoms with Crippen molar-refractivity contribution in [3.05, 3.63) is 39.7 Å². The quantitative estimate of drug-likeness (QED) is 0.617. The summed E-state index contributed by atoms with van der Waals surface area (Å²) >= 11 is 0. The molecule has 9 nitrogen and oxygen atoms in total. The molecule has 2 fully saturated rings. The number of ether oxygens (including phenoxy) is 2. The minimum Gasteiger partial charge on any atom is -0.465 e. The highest BCUT2D eigenvalue weighted by Gasteiger charge is 2.39. The van der Waals surface area contributed by atoms with Gasteiger partial charge in [0.25, 0.3) is 0 Å². The SMILES string of the molecule is COC(=O)c1cn(C2CC2)c2c(F)c(N3CCC(NC(=O)OC(C)(C)C)C3CO)c(F)cc2c1=O. The molecule has 2 atom stereocenters. The summed E-state index contributed by atoms with van der Waals surface area (Å²) in [5, 5.41) is 12.5. The Hall–Kier alpha value is -3.21. The number of carbonyl (C=O) groups is 2. The van der Waals surface area contributed by atoms with Crippen LogP contribution in [0.2, 0.25) is 0 Å². The number of fused-ring (bicyclic) bond motifs is 1. The smallest absolute Gasteiger partial charge is 0.407 e. The Bertz CT molecular complexity index is 1230. The molecule has 0 spiro atoms. The third kappa shape index (κ3) is 4.69. The molecule has 2 aliphatic rings. The molecule has 1 aromatic heterocycles. The number of anilines is 1. The van der Waals surface area contributed by atoms with Gasteiger partial charge in [-0.3, -0.25) is 4.79 Å². The number of nitrogens with one attached hydrogen (secondary N) is 1. The molecular weight excluding hydrogens is 464 g/mol. The molecule has 190 valence electrons. The summed E-state index contributed by atoms with van der Waals surface area (Å²) < 4.78 is 42.8. The number of nitrogens with zero attached hydrogens (tertiary/aromatic N) is 2. The average Bonchev–Trinajstić information content (AvgIpc) is 3.54. The Balaban J connectivity index is 1.77. The topological polar surface area (TPSA) is 110 Å². The van der Waals surface area contributed by atoms with Crippen LogP contribution >= 0.6 is 0 Å². The molecule has 1 amide bonds. The predicted octanol–water partition coefficient (Wildman–Crippen LogP) is 2.87. The third-order valence-electron chi connectivity index (χ3n) is 6.25. The fourth-order valence-electron chi connectivity index (χ4n) is 4.58. The predicted molar refractivity (Wildman–Crippen MR) is 124 cm³/mol. The molecule has 0 radical (unpaired) electrons. The average molecular weight is 494 g/mol. The number of alkyl carbamates (subject to hydrolysis) is 1. The first-order chi connectivity index (χ1) is 16.5. The van der Waals surface area contributed by atoms with Gasteiger partial charge in [0, 0.05) is 18.8 Å². The molecule has 35 heavy (non-hydrogen) atoms. The maximum absolute atomic E-state index is 16.0. The lowest BCUT2D eigenvalue weighted by Gasteiger charge is -2.30. The van der Waals surface area contributed by atoms with E-state index in [9.17, 15) is 19.5 Å². The van der Waals surface area contributed by atoms with Crippen LogP contribution in [0.4, 0.5) is 19.3 Å². The lowest BCUT2D eigenvalue weighted by atomic mass is 10.1. The Morgan fingerprint density at radius 1 is 1.23 bits per heavy atom. The Morgan fingerprint density at radius 3 is 2.49 bits per heavy atom. The van der Waals surface area contributed by atoms with Gasteiger partial charge in [-0.15, -0.1) is 0 Å². The molecule has 4 rings (SSSR count). The maximum Gasteiger partial charge on any atom is 0.407 e. The summed E-state index contributed by atoms with van der Waals surface area (Å²) in [7, 11) is 1.13. The summed E-state index contributed by atoms with van der Waals surface area (Å²) in [6.07, 6.45) is 2.32. The van der Waals surface area contributed by atoms with E-state index in [0.29, 0.717) is 6.42 Å². The van der Waals surface area contributed by atoms with Crippen molar-refractivity contribution in [3.8, 4) is 0 Å². The van der Waals surface area contributed by atoms with Crippen LogP contribution in [0.3, 0.4) is 0 Å². The molecule has 1 aliphatic carbocycles. The van der Waals surface area contributed by atoms with Gasteiger partial charge in [0.2, 0.25) is 5.43 Å². The molecule has 2 unspecified atom stereocenters. The number of hydrogen-bond acceptors (Lipinski definition) is 7. The van der Waals surface area contributed by atoms with Gasteiger partial charge in [-0.2, -0.15) is 0 Å². The first kappa shape index (κ1) is 24.9. The van der Waals surface area contributed by atoms with Gasteiger partial charge in [-0.05, 0) is 46.1 Å². The second-order valence-electron chi connectivity index (χ2n) is 9.90. The van der Waals surface area contributed by atoms with Crippen LogP contribution in [-0.2, 0) is 9.47 Å². The number of pyridine rings is 1. The van der Waals surface area contributed by atoms with Gasteiger partial charge in [-0.1, -0.05) is 0 Å². The number of carbonyl (C=O) groups excluding carboxylic acids is 2. The molecular formula is C24H29F2N3O6. The third-order valence-corrected chi connectivity index (χ3v) is 6.25. The number of aromatic nitrogens is 1. The number of methoxy groups -OCH3 is 1. The summed E-state index contributed by atoms with van der Waals surface area (Å²) in [5.74, 6) is -2.85. The normalized spacial score (nSPS) is 20.3. The standard InChI is InChI=1S/C24H29F2N3O6/c1-24(2,3)35-23(33)27-16-7-8-28(17(16)11-30)20-15(25)9-13-19(18(20)26)29(12-5-6-12)10-14(21(13)31)22(32)34-4/h9-10,12,16-17,30H,5-8,11H2,1-4H3,(H,27,33). The zero-order chi connectivity index (χ0) is 25.7. The highest BCUT2D eigenvalue weighted by molar-refractivity contribution is 5.95. The van der Waals surface area contributed by atoms with Crippen molar-refractivity contribution in [2.45, 2.75) is 63.8 Å². The first-order valence-corrected chi connectivity index (χ1v) is 11.5. The van der Waals surface area contributed by atoms with Crippen LogP contribution in [0.5, 0.6) is 0 Å². The molecule has 11 heteroatoms. The van der Waals surface area contributed by atoms with Crippen molar-refractivity contribution in [2.75, 3.05) is 25.2 Å². The van der Waals surface area contributed by atoms with E-state index < -0.39 is 59.1 Å². The number of benzene rings is 1. The second-order valence-corrected chi connectivity index (χ2v) is 9.90. The van der Waals surface area contributed by atoms with E-state index >= 15 is 8.78 Å². The second kappa shape index (κ2) is 9.10. The molecule has 2 N–H and O–H groups in total. The van der Waals surface area contributed by atoms with Crippen molar-refractivity contribution in [3.63, 3.8) is 0 Å². The van der Waals surface area contributed by atoms with Crippen molar-refractivity contribution in [1.82, 2.24) is 9.88 Å². The fraction of sp³-hybridized carbons (Fsp3) is 0.542. The fourth-order valence-corrected chi connectivity index (χ4v) is 4.58. The largest absolute Gasteiger partial charge is 0.465 e. The van der Waals surface area contributed by atoms with E-state index in [2.05, 4.69) is 10.1 Å². The highest BCUT2D eigenvalue weighted by Crippen LogP contribution is 2.40. The van der Waals surface area contributed by atoms with Crippen molar-refractivity contribution in [2.24, 2.45) is 0 Å². The van der Waals surface area contributed by atoms with E-state index in [1.54, 1.807) is 20.8 Å². The van der Waals surface area contributed by atoms with E-state index in [0.717, 1.165) is 26.0 Å². The van der Waals surface area contributed by atoms with Gasteiger partial charge in [0.05, 0.1) is 36.7 Å². The van der Waals surface area contributed by atoms with Gasteiger partial charge in [-0.25, -0.2) is 18.4 Å². The molecule has 2 heterocycles. The number of rotatable bonds is 5. The molecule has 2 aromatic rings. The van der Waals surface area contributed by atoms with Crippen LogP contribution in [0.1, 0.15) is 56.4 Å². The number of aliphatic hydroxyl groups is 1. The van der Waals surface area contributed by atoms with Crippen molar-refractivity contribution >= 4 is 28.7 Å². The summed E-state index contributed by atoms with van der Waals surface area (Å²) in [6.45, 7) is 4.80. The zero-order valence-electron chi connectivity index (χ0n) is 20.1. The van der Waals surface area contributed by atoms with Crippen molar-refractivity contribution in [1.29, 1.82) is 0 Å². The van der Waals surface area contributed by atoms with Crippen LogP contribution in [-0.4, -0.2) is 59.7 Å². The van der Waals surface area contributed by atoms with E-state index in [1.807, 2.05) is 0 Å². The van der Waals surface area contributed by atoms with E-state index in [-0.39, 0.29) is 29.1 Å². The van der Waals surface area contributed by atoms with Crippen molar-refractivity contribution < 1.29 is 33.0 Å². The monoisotopic (exact) mass is 493 g/mol. The lowest BCUT2D eigenvalue weighted by Crippen LogP contribution is -2.48. The zero-order valence-corrected chi connectivity index (χ0v) is 20.1. The number of esters is 1. The molecule has 1 aromatic carbocycles. The molecule has 0 bridgehead atoms. The Kier molecular flexibility index (Phi) is 6.48. The van der Waals surface area contributed by atoms with Gasteiger partial charge >= 0.3 is 12.1 Å².